The molecular weight excluding hydrogens is 1970 g/mol. The van der Waals surface area contributed by atoms with Crippen molar-refractivity contribution in [2.45, 2.75) is 0 Å². The number of pyridine rings is 3. The van der Waals surface area contributed by atoms with E-state index in [1.54, 1.807) is 18.6 Å². The molecule has 7 heterocycles. The van der Waals surface area contributed by atoms with E-state index in [2.05, 4.69) is 299 Å². The summed E-state index contributed by atoms with van der Waals surface area (Å²) in [6, 6.07) is 182. The van der Waals surface area contributed by atoms with E-state index in [1.165, 1.54) is 65.7 Å². The zero-order chi connectivity index (χ0) is 98.1. The maximum absolute atomic E-state index is 5.00. The number of imidazole rings is 2. The van der Waals surface area contributed by atoms with Gasteiger partial charge in [0.15, 0.2) is 34.9 Å². The van der Waals surface area contributed by atoms with Crippen LogP contribution in [0, 0.1) is 18.2 Å². The van der Waals surface area contributed by atoms with Crippen LogP contribution in [0.2, 0.25) is 0 Å². The van der Waals surface area contributed by atoms with Gasteiger partial charge in [0, 0.05) is 77.2 Å². The molecule has 0 N–H and O–H groups in total. The van der Waals surface area contributed by atoms with Crippen LogP contribution >= 0.6 is 0 Å². The van der Waals surface area contributed by atoms with Gasteiger partial charge in [-0.15, -0.1) is 107 Å². The van der Waals surface area contributed by atoms with E-state index in [0.29, 0.717) is 34.9 Å². The van der Waals surface area contributed by atoms with E-state index in [9.17, 15) is 0 Å². The zero-order valence-corrected chi connectivity index (χ0v) is 82.7. The molecule has 0 spiro atoms. The largest absolute Gasteiger partial charge is 3.00 e. The molecule has 26 rings (SSSR count). The molecule has 0 aliphatic rings. The first-order valence-corrected chi connectivity index (χ1v) is 48.4. The summed E-state index contributed by atoms with van der Waals surface area (Å²) in [5.41, 5.74) is 29.8. The van der Waals surface area contributed by atoms with Gasteiger partial charge in [0.05, 0.1) is 22.1 Å². The van der Waals surface area contributed by atoms with Crippen LogP contribution in [0.15, 0.2) is 522 Å². The third-order valence-electron chi connectivity index (χ3n) is 25.7. The molecule has 0 bridgehead atoms. The third kappa shape index (κ3) is 21.3. The fraction of sp³-hybridized carbons (Fsp3) is 0.0150. The second kappa shape index (κ2) is 44.5. The summed E-state index contributed by atoms with van der Waals surface area (Å²) in [6.07, 6.45) is 5.38. The molecule has 19 aromatic carbocycles. The maximum atomic E-state index is 5.00. The molecule has 147 heavy (non-hydrogen) atoms. The molecule has 698 valence electrons. The fourth-order valence-corrected chi connectivity index (χ4v) is 18.3. The topological polar surface area (TPSA) is 152 Å². The molecule has 0 aliphatic carbocycles. The number of para-hydroxylation sites is 4. The molecule has 0 radical (unpaired) electrons. The molecule has 7 aromatic heterocycles. The average molecular weight is 2060 g/mol. The number of rotatable bonds is 16. The first kappa shape index (κ1) is 94.3. The number of nitrogens with zero attached hydrogens (tertiary/aromatic N) is 13. The monoisotopic (exact) mass is 2060 g/mol. The summed E-state index contributed by atoms with van der Waals surface area (Å²) in [5, 5.41) is 7.21. The van der Waals surface area contributed by atoms with Crippen LogP contribution in [0.3, 0.4) is 0 Å². The number of hydrogen-bond acceptors (Lipinski definition) is 11. The summed E-state index contributed by atoms with van der Waals surface area (Å²) in [6.45, 7) is 0. The first-order chi connectivity index (χ1) is 72.2. The van der Waals surface area contributed by atoms with Crippen LogP contribution in [0.5, 0.6) is 0 Å². The van der Waals surface area contributed by atoms with Crippen LogP contribution in [0.4, 0.5) is 0 Å². The molecule has 0 saturated heterocycles. The van der Waals surface area contributed by atoms with E-state index in [0.717, 1.165) is 134 Å². The van der Waals surface area contributed by atoms with Crippen molar-refractivity contribution in [3.8, 4) is 181 Å². The van der Waals surface area contributed by atoms with Gasteiger partial charge in [0.25, 0.3) is 0 Å². The van der Waals surface area contributed by atoms with E-state index in [-0.39, 0.29) is 20.1 Å². The normalized spacial score (nSPS) is 10.9. The third-order valence-corrected chi connectivity index (χ3v) is 25.7. The van der Waals surface area contributed by atoms with Gasteiger partial charge in [-0.25, -0.2) is 39.9 Å². The molecule has 0 unspecified atom stereocenters. The van der Waals surface area contributed by atoms with Gasteiger partial charge < -0.3 is 24.1 Å². The van der Waals surface area contributed by atoms with Crippen molar-refractivity contribution < 1.29 is 20.1 Å². The van der Waals surface area contributed by atoms with Crippen LogP contribution in [0.25, 0.3) is 235 Å². The molecule has 13 nitrogen and oxygen atoms in total. The van der Waals surface area contributed by atoms with Crippen LogP contribution in [0.1, 0.15) is 0 Å². The average Bonchev–Trinajstić information content (AvgIpc) is 1.39. The van der Waals surface area contributed by atoms with E-state index in [4.69, 9.17) is 39.9 Å². The minimum Gasteiger partial charge on any atom is -0.327 e. The number of hydrogen-bond donors (Lipinski definition) is 0. The fourth-order valence-electron chi connectivity index (χ4n) is 18.3. The molecule has 0 fully saturated rings. The van der Waals surface area contributed by atoms with Crippen molar-refractivity contribution in [2.24, 2.45) is 14.1 Å². The second-order valence-corrected chi connectivity index (χ2v) is 35.0. The van der Waals surface area contributed by atoms with Crippen LogP contribution in [-0.4, -0.2) is 64.0 Å². The van der Waals surface area contributed by atoms with Crippen molar-refractivity contribution in [1.82, 2.24) is 64.0 Å². The summed E-state index contributed by atoms with van der Waals surface area (Å²) in [4.78, 5) is 52.3. The molecule has 0 atom stereocenters. The van der Waals surface area contributed by atoms with Crippen molar-refractivity contribution in [3.05, 3.63) is 540 Å². The molecule has 0 aliphatic heterocycles. The maximum Gasteiger partial charge on any atom is 3.00 e. The molecule has 14 heteroatoms. The van der Waals surface area contributed by atoms with Gasteiger partial charge in [-0.05, 0) is 154 Å². The van der Waals surface area contributed by atoms with Crippen molar-refractivity contribution >= 4 is 54.4 Å². The Balaban J connectivity index is 0.000000126. The standard InChI is InChI=1S/C56H36N6.C38H28N4.C17H12N.2C11H8N.Ir/c1-5-17-39(18-6-1)51-57-52(40-19-7-2-8-20-40)60-55(59-51)43-33-29-37(30-34-43)49-47-27-15-13-25-45(47)46-26-14-16-28-48(46)50(49)38-31-35-44(36-32-38)56-61-53(41-21-9-3-10-22-41)58-54(62-56)42-23-11-4-12-24-42;1-41-35-9-5-3-7-33(35)39-37(41)28-17-11-25(12-18-28)30-21-15-27-16-22-31(24-32(27)23-30)26-13-19-29(20-14-26)38-40-34-8-4-6-10-36(34)42(38)2;1-2-7-14(8-3-1)15-9-6-10-16(13-15)17-11-4-5-12-18-17;2*1-2-6-10(7-3-1)11-8-4-5-9-12-11;/h1-36H;3-24H,1-2H3;1-9,11-13H;2*1-6,8-9H;/q;;3*-1;+3. The van der Waals surface area contributed by atoms with Gasteiger partial charge in [-0.3, -0.25) is 0 Å². The van der Waals surface area contributed by atoms with Crippen LogP contribution in [-0.2, 0) is 34.2 Å². The summed E-state index contributed by atoms with van der Waals surface area (Å²) in [5.74, 6) is 5.73. The Morgan fingerprint density at radius 3 is 0.803 bits per heavy atom. The second-order valence-electron chi connectivity index (χ2n) is 35.0. The molecular formula is C133H92IrN13. The van der Waals surface area contributed by atoms with E-state index < -0.39 is 0 Å². The van der Waals surface area contributed by atoms with Crippen molar-refractivity contribution in [3.63, 3.8) is 0 Å². The number of aryl methyl sites for hydroxylation is 2. The van der Waals surface area contributed by atoms with Crippen LogP contribution < -0.4 is 0 Å². The van der Waals surface area contributed by atoms with Gasteiger partial charge in [-0.2, -0.15) is 0 Å². The molecule has 26 aromatic rings. The molecule has 0 amide bonds. The minimum atomic E-state index is 0. The number of fused-ring (bicyclic) bond motifs is 6. The van der Waals surface area contributed by atoms with Gasteiger partial charge in [0.1, 0.15) is 11.6 Å². The van der Waals surface area contributed by atoms with Gasteiger partial charge >= 0.3 is 20.1 Å². The Labute approximate surface area is 866 Å². The summed E-state index contributed by atoms with van der Waals surface area (Å²) >= 11 is 0. The minimum absolute atomic E-state index is 0. The smallest absolute Gasteiger partial charge is 0.327 e. The Morgan fingerprint density at radius 2 is 0.456 bits per heavy atom. The number of aromatic nitrogens is 13. The Hall–Kier alpha value is -19.0. The Kier molecular flexibility index (Phi) is 28.5. The molecule has 0 saturated carbocycles. The Morgan fingerprint density at radius 1 is 0.184 bits per heavy atom. The van der Waals surface area contributed by atoms with E-state index >= 15 is 0 Å². The van der Waals surface area contributed by atoms with E-state index in [1.807, 2.05) is 261 Å². The summed E-state index contributed by atoms with van der Waals surface area (Å²) < 4.78 is 4.32. The zero-order valence-electron chi connectivity index (χ0n) is 80.3. The SMILES string of the molecule is Cn1c(-c2ccc(-c3ccc4ccc(-c5ccc(-c6nc7ccccc7n6C)cc5)cc4c3)cc2)nc2ccccc21.[Ir+3].[c-]1ccc(-c2ccccc2)cc1-c1ccccn1.[c-]1ccccc1-c1ccccn1.[c-]1ccccc1-c1ccccn1.c1ccc(-c2nc(-c3ccccc3)nc(-c3ccc(-c4c(-c5ccc(-c6nc(-c7ccccc7)nc(-c7ccccc7)n6)cc5)c5ccccc5c5ccccc45)cc3)n2)cc1. The van der Waals surface area contributed by atoms with Crippen molar-refractivity contribution in [2.75, 3.05) is 0 Å². The van der Waals surface area contributed by atoms with Gasteiger partial charge in [-0.1, -0.05) is 382 Å². The quantitative estimate of drug-likeness (QED) is 0.0671. The van der Waals surface area contributed by atoms with Crippen molar-refractivity contribution in [1.29, 1.82) is 0 Å². The Bertz CT molecular complexity index is 8270. The number of benzene rings is 19. The predicted molar refractivity (Wildman–Crippen MR) is 597 cm³/mol. The first-order valence-electron chi connectivity index (χ1n) is 48.4. The predicted octanol–water partition coefficient (Wildman–Crippen LogP) is 32.3. The van der Waals surface area contributed by atoms with Gasteiger partial charge in [0.2, 0.25) is 0 Å². The summed E-state index contributed by atoms with van der Waals surface area (Å²) in [7, 11) is 4.15.